The van der Waals surface area contributed by atoms with Gasteiger partial charge in [-0.25, -0.2) is 0 Å². The summed E-state index contributed by atoms with van der Waals surface area (Å²) in [6, 6.07) is 0. The number of aromatic hydroxyl groups is 1. The molecule has 1 spiro atoms. The standard InChI is InChI=1S/C35H44O9/c1-17(2)11-12-20-25(37)22-26(38)23-29(40-9)33(41-10)15-21-32(7,8)44-34(30(33)39,14-13-18(3)16-36)35(21,23)43-28(22)24-27(20)42-19(4)31(24,5)6/h11,13,16,19,21,23,29,37H,12,14-15H2,1-10H3. The van der Waals surface area contributed by atoms with E-state index in [1.165, 1.54) is 14.2 Å². The smallest absolute Gasteiger partial charge is 0.203 e. The van der Waals surface area contributed by atoms with Crippen LogP contribution in [0.1, 0.15) is 89.7 Å². The highest BCUT2D eigenvalue weighted by Crippen LogP contribution is 2.72. The van der Waals surface area contributed by atoms with Gasteiger partial charge in [-0.1, -0.05) is 31.6 Å². The number of rotatable bonds is 7. The lowest BCUT2D eigenvalue weighted by atomic mass is 9.44. The molecule has 9 nitrogen and oxygen atoms in total. The number of carbonyl (C=O) groups is 3. The number of benzene rings is 1. The van der Waals surface area contributed by atoms with E-state index >= 15 is 4.79 Å². The molecule has 0 amide bonds. The highest BCUT2D eigenvalue weighted by atomic mass is 16.6. The molecule has 6 aliphatic rings. The molecular formula is C35H44O9. The average Bonchev–Trinajstić information content (AvgIpc) is 3.28. The largest absolute Gasteiger partial charge is 0.507 e. The first kappa shape index (κ1) is 31.0. The van der Waals surface area contributed by atoms with Crippen molar-refractivity contribution >= 4 is 17.9 Å². The quantitative estimate of drug-likeness (QED) is 0.260. The zero-order valence-corrected chi connectivity index (χ0v) is 27.4. The Labute approximate surface area is 258 Å². The van der Waals surface area contributed by atoms with Crippen molar-refractivity contribution in [1.29, 1.82) is 0 Å². The van der Waals surface area contributed by atoms with E-state index in [1.807, 2.05) is 54.5 Å². The van der Waals surface area contributed by atoms with Crippen LogP contribution in [0.15, 0.2) is 23.3 Å². The molecule has 3 saturated carbocycles. The Balaban J connectivity index is 1.72. The SMILES string of the molecule is COC1C2C(=O)c3c(O)c(CC=C(C)C)c4c(c3OC23C2CC1(OC)C(=O)C3(CC=C(C)C=O)OC2(C)C)C(C)(C)C(C)O4. The minimum absolute atomic E-state index is 0.000117. The molecule has 1 saturated heterocycles. The number of ketones is 2. The zero-order valence-electron chi connectivity index (χ0n) is 27.4. The number of Topliss-reactive ketones (excluding diaryl/α,β-unsaturated/α-hetero) is 2. The molecule has 4 fully saturated rings. The topological polar surface area (TPSA) is 118 Å². The van der Waals surface area contributed by atoms with Crippen LogP contribution in [0.4, 0.5) is 0 Å². The second-order valence-electron chi connectivity index (χ2n) is 14.6. The van der Waals surface area contributed by atoms with Crippen molar-refractivity contribution in [1.82, 2.24) is 0 Å². The third-order valence-electron chi connectivity index (χ3n) is 11.4. The lowest BCUT2D eigenvalue weighted by Crippen LogP contribution is -2.86. The molecular weight excluding hydrogens is 564 g/mol. The summed E-state index contributed by atoms with van der Waals surface area (Å²) >= 11 is 0. The summed E-state index contributed by atoms with van der Waals surface area (Å²) in [6.07, 6.45) is 3.67. The minimum atomic E-state index is -1.68. The maximum absolute atomic E-state index is 15.2. The predicted molar refractivity (Wildman–Crippen MR) is 162 cm³/mol. The van der Waals surface area contributed by atoms with E-state index in [2.05, 4.69) is 0 Å². The Morgan fingerprint density at radius 2 is 1.75 bits per heavy atom. The van der Waals surface area contributed by atoms with Crippen LogP contribution in [0.5, 0.6) is 17.2 Å². The molecule has 4 bridgehead atoms. The molecule has 3 aliphatic heterocycles. The molecule has 3 heterocycles. The lowest BCUT2D eigenvalue weighted by Gasteiger charge is -2.65. The number of phenols is 1. The Bertz CT molecular complexity index is 1550. The number of methoxy groups -OCH3 is 2. The van der Waals surface area contributed by atoms with Crippen LogP contribution in [0, 0.1) is 11.8 Å². The molecule has 7 atom stereocenters. The van der Waals surface area contributed by atoms with E-state index in [-0.39, 0.29) is 47.6 Å². The lowest BCUT2D eigenvalue weighted by molar-refractivity contribution is -0.267. The fourth-order valence-corrected chi connectivity index (χ4v) is 8.92. The number of phenolic OH excluding ortho intramolecular Hbond substituents is 1. The third kappa shape index (κ3) is 3.44. The van der Waals surface area contributed by atoms with Crippen LogP contribution in [-0.2, 0) is 35.6 Å². The first-order chi connectivity index (χ1) is 20.5. The predicted octanol–water partition coefficient (Wildman–Crippen LogP) is 4.98. The summed E-state index contributed by atoms with van der Waals surface area (Å²) in [7, 11) is 2.93. The van der Waals surface area contributed by atoms with E-state index < -0.39 is 45.8 Å². The van der Waals surface area contributed by atoms with E-state index in [1.54, 1.807) is 13.0 Å². The number of aldehydes is 1. The zero-order chi connectivity index (χ0) is 32.4. The fourth-order valence-electron chi connectivity index (χ4n) is 8.92. The van der Waals surface area contributed by atoms with Gasteiger partial charge in [-0.15, -0.1) is 0 Å². The summed E-state index contributed by atoms with van der Waals surface area (Å²) in [5.41, 5.74) is -3.43. The number of hydrogen-bond donors (Lipinski definition) is 1. The van der Waals surface area contributed by atoms with Gasteiger partial charge in [-0.3, -0.25) is 14.4 Å². The van der Waals surface area contributed by atoms with E-state index in [4.69, 9.17) is 23.7 Å². The van der Waals surface area contributed by atoms with Crippen molar-refractivity contribution in [2.45, 2.75) is 115 Å². The molecule has 3 aliphatic carbocycles. The second kappa shape index (κ2) is 9.50. The Morgan fingerprint density at radius 1 is 1.07 bits per heavy atom. The van der Waals surface area contributed by atoms with Gasteiger partial charge in [-0.05, 0) is 60.0 Å². The average molecular weight is 609 g/mol. The van der Waals surface area contributed by atoms with E-state index in [0.29, 0.717) is 28.9 Å². The van der Waals surface area contributed by atoms with Gasteiger partial charge in [0, 0.05) is 43.1 Å². The Kier molecular flexibility index (Phi) is 6.69. The fraction of sp³-hybridized carbons (Fsp3) is 0.629. The van der Waals surface area contributed by atoms with Crippen LogP contribution in [0.3, 0.4) is 0 Å². The van der Waals surface area contributed by atoms with Gasteiger partial charge in [0.25, 0.3) is 0 Å². The maximum atomic E-state index is 15.2. The number of ether oxygens (including phenoxy) is 5. The molecule has 0 radical (unpaired) electrons. The highest BCUT2D eigenvalue weighted by molar-refractivity contribution is 6.11. The van der Waals surface area contributed by atoms with Crippen molar-refractivity contribution in [2.75, 3.05) is 14.2 Å². The molecule has 7 rings (SSSR count). The Morgan fingerprint density at radius 3 is 2.34 bits per heavy atom. The number of allylic oxidation sites excluding steroid dienone is 3. The molecule has 7 unspecified atom stereocenters. The molecule has 9 heteroatoms. The minimum Gasteiger partial charge on any atom is -0.507 e. The van der Waals surface area contributed by atoms with Crippen molar-refractivity contribution in [3.63, 3.8) is 0 Å². The normalized spacial score (nSPS) is 37.1. The monoisotopic (exact) mass is 608 g/mol. The molecule has 1 aromatic carbocycles. The van der Waals surface area contributed by atoms with Gasteiger partial charge in [0.2, 0.25) is 5.78 Å². The van der Waals surface area contributed by atoms with Crippen molar-refractivity contribution in [2.24, 2.45) is 11.8 Å². The molecule has 44 heavy (non-hydrogen) atoms. The number of fused-ring (bicyclic) bond motifs is 3. The van der Waals surface area contributed by atoms with Gasteiger partial charge in [0.15, 0.2) is 22.6 Å². The first-order valence-corrected chi connectivity index (χ1v) is 15.4. The summed E-state index contributed by atoms with van der Waals surface area (Å²) in [5.74, 6) is -1.72. The molecule has 0 aromatic heterocycles. The summed E-state index contributed by atoms with van der Waals surface area (Å²) in [6.45, 7) is 15.4. The van der Waals surface area contributed by atoms with Gasteiger partial charge in [0.05, 0.1) is 11.5 Å². The first-order valence-electron chi connectivity index (χ1n) is 15.4. The molecule has 238 valence electrons. The van der Waals surface area contributed by atoms with Gasteiger partial charge < -0.3 is 28.8 Å². The van der Waals surface area contributed by atoms with Gasteiger partial charge in [0.1, 0.15) is 41.3 Å². The van der Waals surface area contributed by atoms with Crippen LogP contribution in [0.25, 0.3) is 0 Å². The highest BCUT2D eigenvalue weighted by Gasteiger charge is 2.89. The summed E-state index contributed by atoms with van der Waals surface area (Å²) < 4.78 is 32.7. The summed E-state index contributed by atoms with van der Waals surface area (Å²) in [4.78, 5) is 41.8. The summed E-state index contributed by atoms with van der Waals surface area (Å²) in [5, 5.41) is 11.9. The number of carbonyl (C=O) groups excluding carboxylic acids is 3. The van der Waals surface area contributed by atoms with Crippen molar-refractivity contribution in [3.05, 3.63) is 40.0 Å². The van der Waals surface area contributed by atoms with Crippen LogP contribution >= 0.6 is 0 Å². The van der Waals surface area contributed by atoms with Crippen LogP contribution in [0.2, 0.25) is 0 Å². The molecule has 1 aromatic rings. The van der Waals surface area contributed by atoms with Gasteiger partial charge >= 0.3 is 0 Å². The van der Waals surface area contributed by atoms with Crippen LogP contribution < -0.4 is 9.47 Å². The second-order valence-corrected chi connectivity index (χ2v) is 14.6. The van der Waals surface area contributed by atoms with Crippen LogP contribution in [-0.4, -0.2) is 71.8 Å². The third-order valence-corrected chi connectivity index (χ3v) is 11.4. The maximum Gasteiger partial charge on any atom is 0.203 e. The van der Waals surface area contributed by atoms with Gasteiger partial charge in [-0.2, -0.15) is 0 Å². The molecule has 1 N–H and O–H groups in total. The Hall–Kier alpha value is -3.01. The van der Waals surface area contributed by atoms with E-state index in [0.717, 1.165) is 11.9 Å². The van der Waals surface area contributed by atoms with E-state index in [9.17, 15) is 14.7 Å². The van der Waals surface area contributed by atoms with Crippen molar-refractivity contribution in [3.8, 4) is 17.2 Å². The number of hydrogen-bond acceptors (Lipinski definition) is 9. The van der Waals surface area contributed by atoms with Crippen molar-refractivity contribution < 1.29 is 43.2 Å².